The quantitative estimate of drug-likeness (QED) is 0.721. The Labute approximate surface area is 129 Å². The van der Waals surface area contributed by atoms with Gasteiger partial charge in [-0.2, -0.15) is 0 Å². The normalized spacial score (nSPS) is 47.0. The summed E-state index contributed by atoms with van der Waals surface area (Å²) in [6.07, 6.45) is 2.11. The first-order valence-electron chi connectivity index (χ1n) is 8.09. The van der Waals surface area contributed by atoms with E-state index in [0.717, 1.165) is 26.1 Å². The molecule has 3 rings (SSSR count). The highest BCUT2D eigenvalue weighted by atomic mass is 16.6. The van der Waals surface area contributed by atoms with Crippen molar-refractivity contribution in [2.24, 2.45) is 35.5 Å². The van der Waals surface area contributed by atoms with Crippen LogP contribution in [0.25, 0.3) is 0 Å². The molecule has 0 radical (unpaired) electrons. The van der Waals surface area contributed by atoms with Crippen molar-refractivity contribution >= 4 is 11.9 Å². The molecule has 1 saturated carbocycles. The van der Waals surface area contributed by atoms with E-state index >= 15 is 0 Å². The van der Waals surface area contributed by atoms with E-state index in [1.165, 1.54) is 0 Å². The third-order valence-electron chi connectivity index (χ3n) is 5.87. The topological polar surface area (TPSA) is 99.7 Å². The summed E-state index contributed by atoms with van der Waals surface area (Å²) >= 11 is 0. The number of carboxylic acids is 2. The molecule has 1 aliphatic carbocycles. The Hall–Kier alpha value is -1.14. The molecule has 2 heterocycles. The second-order valence-corrected chi connectivity index (χ2v) is 7.16. The summed E-state index contributed by atoms with van der Waals surface area (Å²) in [6, 6.07) is 0. The summed E-state index contributed by atoms with van der Waals surface area (Å²) < 4.78 is 10.7. The van der Waals surface area contributed by atoms with Crippen molar-refractivity contribution < 1.29 is 29.3 Å². The molecule has 2 aliphatic heterocycles. The summed E-state index contributed by atoms with van der Waals surface area (Å²) in [5.74, 6) is -3.60. The fourth-order valence-electron chi connectivity index (χ4n) is 4.52. The summed E-state index contributed by atoms with van der Waals surface area (Å²) in [4.78, 5) is 23.4. The van der Waals surface area contributed by atoms with Crippen molar-refractivity contribution in [3.05, 3.63) is 0 Å². The summed E-state index contributed by atoms with van der Waals surface area (Å²) in [5, 5.41) is 19.1. The third-order valence-corrected chi connectivity index (χ3v) is 5.87. The van der Waals surface area contributed by atoms with Gasteiger partial charge in [0.25, 0.3) is 0 Å². The maximum atomic E-state index is 11.7. The lowest BCUT2D eigenvalue weighted by atomic mass is 9.56. The molecule has 6 nitrogen and oxygen atoms in total. The molecule has 0 aromatic rings. The maximum absolute atomic E-state index is 11.7. The van der Waals surface area contributed by atoms with Gasteiger partial charge in [0.15, 0.2) is 0 Å². The summed E-state index contributed by atoms with van der Waals surface area (Å²) in [6.45, 7) is 5.28. The molecule has 3 aliphatic rings. The van der Waals surface area contributed by atoms with Gasteiger partial charge in [0.05, 0.1) is 37.3 Å². The zero-order valence-corrected chi connectivity index (χ0v) is 13.0. The van der Waals surface area contributed by atoms with E-state index in [9.17, 15) is 19.8 Å². The van der Waals surface area contributed by atoms with E-state index in [0.29, 0.717) is 0 Å². The summed E-state index contributed by atoms with van der Waals surface area (Å²) in [5.41, 5.74) is 0. The van der Waals surface area contributed by atoms with E-state index < -0.39 is 23.8 Å². The van der Waals surface area contributed by atoms with Crippen molar-refractivity contribution in [3.8, 4) is 0 Å². The standard InChI is InChI=1S/C16H24O6/c1-7-11(3-9-5-21-9)12(4-10-6-22-10)8(2)14(16(19)20)13(7)15(17)18/h7-14H,3-6H2,1-2H3,(H,17,18)(H,19,20). The number of rotatable bonds is 6. The molecule has 3 fully saturated rings. The van der Waals surface area contributed by atoms with Crippen LogP contribution in [0.1, 0.15) is 26.7 Å². The molecule has 2 saturated heterocycles. The van der Waals surface area contributed by atoms with Gasteiger partial charge in [-0.05, 0) is 36.5 Å². The Kier molecular flexibility index (Phi) is 4.16. The molecule has 0 spiro atoms. The van der Waals surface area contributed by atoms with Crippen LogP contribution in [0.3, 0.4) is 0 Å². The zero-order chi connectivity index (χ0) is 16.0. The molecular formula is C16H24O6. The number of aliphatic carboxylic acids is 2. The highest BCUT2D eigenvalue weighted by Gasteiger charge is 2.54. The van der Waals surface area contributed by atoms with Crippen LogP contribution in [0.15, 0.2) is 0 Å². The van der Waals surface area contributed by atoms with Crippen molar-refractivity contribution in [2.75, 3.05) is 13.2 Å². The molecular weight excluding hydrogens is 288 g/mol. The fourth-order valence-corrected chi connectivity index (χ4v) is 4.52. The molecule has 0 bridgehead atoms. The number of carbonyl (C=O) groups is 2. The summed E-state index contributed by atoms with van der Waals surface area (Å²) in [7, 11) is 0. The monoisotopic (exact) mass is 312 g/mol. The van der Waals surface area contributed by atoms with Crippen LogP contribution in [0.5, 0.6) is 0 Å². The Morgan fingerprint density at radius 2 is 1.18 bits per heavy atom. The maximum Gasteiger partial charge on any atom is 0.307 e. The fraction of sp³-hybridized carbons (Fsp3) is 0.875. The van der Waals surface area contributed by atoms with Gasteiger partial charge in [-0.25, -0.2) is 0 Å². The lowest BCUT2D eigenvalue weighted by Gasteiger charge is -2.47. The molecule has 0 amide bonds. The van der Waals surface area contributed by atoms with Gasteiger partial charge in [0, 0.05) is 0 Å². The first-order valence-corrected chi connectivity index (χ1v) is 8.09. The first-order chi connectivity index (χ1) is 10.4. The van der Waals surface area contributed by atoms with Gasteiger partial charge in [0.1, 0.15) is 0 Å². The lowest BCUT2D eigenvalue weighted by Crippen LogP contribution is -2.51. The average Bonchev–Trinajstić information content (AvgIpc) is 3.31. The third kappa shape index (κ3) is 2.99. The number of hydrogen-bond acceptors (Lipinski definition) is 4. The van der Waals surface area contributed by atoms with Crippen molar-refractivity contribution in [3.63, 3.8) is 0 Å². The number of ether oxygens (including phenoxy) is 2. The van der Waals surface area contributed by atoms with E-state index in [1.807, 2.05) is 13.8 Å². The smallest absolute Gasteiger partial charge is 0.307 e. The Bertz CT molecular complexity index is 414. The van der Waals surface area contributed by atoms with Gasteiger partial charge in [-0.1, -0.05) is 13.8 Å². The minimum atomic E-state index is -0.991. The second kappa shape index (κ2) is 5.81. The van der Waals surface area contributed by atoms with E-state index in [1.54, 1.807) is 0 Å². The molecule has 0 aromatic heterocycles. The van der Waals surface area contributed by atoms with Crippen LogP contribution >= 0.6 is 0 Å². The van der Waals surface area contributed by atoms with Crippen molar-refractivity contribution in [1.29, 1.82) is 0 Å². The predicted octanol–water partition coefficient (Wildman–Crippen LogP) is 1.48. The predicted molar refractivity (Wildman–Crippen MR) is 76.3 cm³/mol. The van der Waals surface area contributed by atoms with Crippen molar-refractivity contribution in [1.82, 2.24) is 0 Å². The molecule has 6 heteroatoms. The minimum absolute atomic E-state index is 0.164. The van der Waals surface area contributed by atoms with E-state index in [2.05, 4.69) is 0 Å². The van der Waals surface area contributed by atoms with Gasteiger partial charge in [-0.15, -0.1) is 0 Å². The average molecular weight is 312 g/mol. The SMILES string of the molecule is CC1C(CC2CO2)C(CC2CO2)C(C)C(C(=O)O)C1C(=O)O. The van der Waals surface area contributed by atoms with Crippen LogP contribution in [0, 0.1) is 35.5 Å². The number of carboxylic acid groups (broad SMARTS) is 2. The highest BCUT2D eigenvalue weighted by Crippen LogP contribution is 2.51. The highest BCUT2D eigenvalue weighted by molar-refractivity contribution is 5.80. The first kappa shape index (κ1) is 15.7. The number of epoxide rings is 2. The molecule has 8 atom stereocenters. The molecule has 22 heavy (non-hydrogen) atoms. The molecule has 8 unspecified atom stereocenters. The second-order valence-electron chi connectivity index (χ2n) is 7.16. The van der Waals surface area contributed by atoms with E-state index in [-0.39, 0.29) is 35.9 Å². The van der Waals surface area contributed by atoms with Gasteiger partial charge < -0.3 is 19.7 Å². The van der Waals surface area contributed by atoms with E-state index in [4.69, 9.17) is 9.47 Å². The molecule has 124 valence electrons. The molecule has 2 N–H and O–H groups in total. The van der Waals surface area contributed by atoms with Crippen molar-refractivity contribution in [2.45, 2.75) is 38.9 Å². The van der Waals surface area contributed by atoms with Crippen LogP contribution in [0.4, 0.5) is 0 Å². The zero-order valence-electron chi connectivity index (χ0n) is 13.0. The van der Waals surface area contributed by atoms with Crippen LogP contribution in [0.2, 0.25) is 0 Å². The number of hydrogen-bond donors (Lipinski definition) is 2. The lowest BCUT2D eigenvalue weighted by molar-refractivity contribution is -0.167. The van der Waals surface area contributed by atoms with Gasteiger partial charge in [0.2, 0.25) is 0 Å². The Balaban J connectivity index is 1.87. The van der Waals surface area contributed by atoms with Crippen LogP contribution < -0.4 is 0 Å². The van der Waals surface area contributed by atoms with Crippen LogP contribution in [-0.4, -0.2) is 47.6 Å². The van der Waals surface area contributed by atoms with Crippen LogP contribution in [-0.2, 0) is 19.1 Å². The Morgan fingerprint density at radius 3 is 1.41 bits per heavy atom. The largest absolute Gasteiger partial charge is 0.481 e. The Morgan fingerprint density at radius 1 is 0.864 bits per heavy atom. The minimum Gasteiger partial charge on any atom is -0.481 e. The van der Waals surface area contributed by atoms with Gasteiger partial charge in [-0.3, -0.25) is 9.59 Å². The van der Waals surface area contributed by atoms with Gasteiger partial charge >= 0.3 is 11.9 Å². The molecule has 0 aromatic carbocycles.